The van der Waals surface area contributed by atoms with Crippen LogP contribution in [0.5, 0.6) is 0 Å². The molecule has 4 fully saturated rings. The molecule has 6 N–H and O–H groups in total. The lowest BCUT2D eigenvalue weighted by Gasteiger charge is -2.47. The molecule has 16 nitrogen and oxygen atoms in total. The zero-order valence-corrected chi connectivity index (χ0v) is 24.9. The van der Waals surface area contributed by atoms with E-state index in [2.05, 4.69) is 26.2 Å². The Hall–Kier alpha value is -3.73. The summed E-state index contributed by atoms with van der Waals surface area (Å²) in [5.74, 6) is -2.17. The second-order valence-electron chi connectivity index (χ2n) is 12.1. The monoisotopic (exact) mass is 615 g/mol. The zero-order valence-electron chi connectivity index (χ0n) is 24.0. The number of thioether (sulfide) groups is 1. The van der Waals surface area contributed by atoms with E-state index in [1.165, 1.54) is 27.7 Å². The van der Waals surface area contributed by atoms with Crippen LogP contribution in [0.3, 0.4) is 0 Å². The van der Waals surface area contributed by atoms with E-state index in [1.54, 1.807) is 6.92 Å². The molecule has 0 aliphatic carbocycles. The van der Waals surface area contributed by atoms with Crippen molar-refractivity contribution >= 4 is 41.4 Å². The number of β-lactam (4-membered cyclic amide) rings is 1. The summed E-state index contributed by atoms with van der Waals surface area (Å²) in [5.41, 5.74) is 5.69. The molecule has 0 aromatic carbocycles. The molecule has 5 unspecified atom stereocenters. The molecular formula is C26H37N11O5S. The van der Waals surface area contributed by atoms with Crippen molar-refractivity contribution in [2.24, 2.45) is 23.5 Å². The van der Waals surface area contributed by atoms with E-state index in [0.717, 1.165) is 12.8 Å². The Morgan fingerprint density at radius 1 is 1.30 bits per heavy atom. The molecular weight excluding hydrogens is 578 g/mol. The maximum Gasteiger partial charge on any atom is 0.353 e. The quantitative estimate of drug-likeness (QED) is 0.125. The normalized spacial score (nSPS) is 32.4. The number of likely N-dealkylation sites (tertiary alicyclic amines) is 2. The second-order valence-corrected chi connectivity index (χ2v) is 13.4. The van der Waals surface area contributed by atoms with Gasteiger partial charge >= 0.3 is 5.97 Å². The van der Waals surface area contributed by atoms with Gasteiger partial charge in [0.05, 0.1) is 18.0 Å². The van der Waals surface area contributed by atoms with E-state index in [9.17, 15) is 24.3 Å². The largest absolute Gasteiger partial charge is 0.477 e. The van der Waals surface area contributed by atoms with Gasteiger partial charge in [-0.1, -0.05) is 6.92 Å². The first-order valence-corrected chi connectivity index (χ1v) is 15.5. The molecule has 43 heavy (non-hydrogen) atoms. The fourth-order valence-corrected chi connectivity index (χ4v) is 9.00. The Labute approximate surface area is 252 Å². The summed E-state index contributed by atoms with van der Waals surface area (Å²) >= 11 is 1.44. The number of nitrogens with one attached hydrogen (secondary N) is 3. The van der Waals surface area contributed by atoms with Gasteiger partial charge in [0.25, 0.3) is 0 Å². The lowest BCUT2D eigenvalue weighted by Crippen LogP contribution is -2.66. The van der Waals surface area contributed by atoms with Gasteiger partial charge in [-0.2, -0.15) is 0 Å². The minimum Gasteiger partial charge on any atom is -0.477 e. The summed E-state index contributed by atoms with van der Waals surface area (Å²) in [4.78, 5) is 57.5. The van der Waals surface area contributed by atoms with Gasteiger partial charge in [-0.25, -0.2) is 9.48 Å². The van der Waals surface area contributed by atoms with Crippen LogP contribution in [0.1, 0.15) is 33.1 Å². The summed E-state index contributed by atoms with van der Waals surface area (Å²) < 4.78 is 1.28. The lowest BCUT2D eigenvalue weighted by molar-refractivity contribution is -0.158. The van der Waals surface area contributed by atoms with E-state index in [1.807, 2.05) is 16.7 Å². The number of tetrazole rings is 1. The number of hydrogen-bond acceptors (Lipinski definition) is 10. The molecule has 0 bridgehead atoms. The van der Waals surface area contributed by atoms with Crippen LogP contribution >= 0.6 is 11.8 Å². The van der Waals surface area contributed by atoms with E-state index in [4.69, 9.17) is 11.1 Å². The Morgan fingerprint density at radius 3 is 2.79 bits per heavy atom. The number of hydrogen-bond donors (Lipinski definition) is 5. The number of aliphatic carboxylic acids is 1. The number of carbonyl (C=O) groups excluding carboxylic acids is 3. The maximum atomic E-state index is 13.6. The average molecular weight is 616 g/mol. The van der Waals surface area contributed by atoms with Crippen LogP contribution in [0.15, 0.2) is 16.9 Å². The van der Waals surface area contributed by atoms with E-state index in [-0.39, 0.29) is 65.2 Å². The number of carbonyl (C=O) groups is 4. The van der Waals surface area contributed by atoms with Gasteiger partial charge in [-0.05, 0) is 42.5 Å². The van der Waals surface area contributed by atoms with Crippen LogP contribution in [0.4, 0.5) is 0 Å². The number of guanidine groups is 1. The van der Waals surface area contributed by atoms with Crippen LogP contribution in [0.2, 0.25) is 0 Å². The Balaban J connectivity index is 1.08. The van der Waals surface area contributed by atoms with Crippen LogP contribution in [-0.2, 0) is 25.7 Å². The van der Waals surface area contributed by atoms with Crippen LogP contribution in [0.25, 0.3) is 0 Å². The highest BCUT2D eigenvalue weighted by molar-refractivity contribution is 8.03. The van der Waals surface area contributed by atoms with Crippen molar-refractivity contribution in [2.75, 3.05) is 26.2 Å². The number of carboxylic acid groups (broad SMARTS) is 1. The van der Waals surface area contributed by atoms with Gasteiger partial charge in [0.1, 0.15) is 18.6 Å². The molecule has 232 valence electrons. The molecule has 0 radical (unpaired) electrons. The number of aromatic nitrogens is 4. The smallest absolute Gasteiger partial charge is 0.353 e. The summed E-state index contributed by atoms with van der Waals surface area (Å²) in [6.07, 6.45) is 3.56. The van der Waals surface area contributed by atoms with Gasteiger partial charge in [0.15, 0.2) is 5.96 Å². The van der Waals surface area contributed by atoms with Crippen molar-refractivity contribution in [1.29, 1.82) is 5.41 Å². The predicted octanol–water partition coefficient (Wildman–Crippen LogP) is -1.77. The average Bonchev–Trinajstić information content (AvgIpc) is 3.75. The van der Waals surface area contributed by atoms with E-state index >= 15 is 0 Å². The lowest BCUT2D eigenvalue weighted by atomic mass is 9.78. The molecule has 17 heteroatoms. The third-order valence-corrected chi connectivity index (χ3v) is 11.1. The fourth-order valence-electron chi connectivity index (χ4n) is 7.52. The Morgan fingerprint density at radius 2 is 2.09 bits per heavy atom. The van der Waals surface area contributed by atoms with Gasteiger partial charge in [-0.15, -0.1) is 16.9 Å². The Kier molecular flexibility index (Phi) is 7.78. The van der Waals surface area contributed by atoms with Gasteiger partial charge < -0.3 is 36.2 Å². The molecule has 1 aromatic heterocycles. The SMILES string of the molecule is CC(NC(=O)Cn1cnnn1)[C@H]1C(=O)N2C(C(=O)O)=C(SC3CNC(C(=O)N4CCC5CN(C(=N)N)CCC54)C3)[C@H](C)[C@H]12. The van der Waals surface area contributed by atoms with Crippen molar-refractivity contribution in [3.05, 3.63) is 16.9 Å². The van der Waals surface area contributed by atoms with Gasteiger partial charge in [-0.3, -0.25) is 19.8 Å². The molecule has 6 heterocycles. The van der Waals surface area contributed by atoms with Gasteiger partial charge in [0.2, 0.25) is 17.7 Å². The first-order valence-electron chi connectivity index (χ1n) is 14.6. The third kappa shape index (κ3) is 5.21. The molecule has 0 saturated carbocycles. The van der Waals surface area contributed by atoms with Crippen molar-refractivity contribution in [3.63, 3.8) is 0 Å². The molecule has 0 spiro atoms. The second kappa shape index (κ2) is 11.4. The third-order valence-electron chi connectivity index (χ3n) is 9.56. The van der Waals surface area contributed by atoms with Crippen LogP contribution in [0, 0.1) is 23.2 Å². The van der Waals surface area contributed by atoms with Gasteiger partial charge in [0, 0.05) is 54.3 Å². The maximum absolute atomic E-state index is 13.6. The summed E-state index contributed by atoms with van der Waals surface area (Å²) in [6, 6.07) is -1.09. The highest BCUT2D eigenvalue weighted by atomic mass is 32.2. The minimum absolute atomic E-state index is 0.00496. The number of nitrogens with zero attached hydrogens (tertiary/aromatic N) is 7. The van der Waals surface area contributed by atoms with Crippen molar-refractivity contribution in [3.8, 4) is 0 Å². The molecule has 6 rings (SSSR count). The topological polar surface area (TPSA) is 216 Å². The Bertz CT molecular complexity index is 1350. The summed E-state index contributed by atoms with van der Waals surface area (Å²) in [7, 11) is 0. The first kappa shape index (κ1) is 29.3. The minimum atomic E-state index is -1.15. The van der Waals surface area contributed by atoms with E-state index in [0.29, 0.717) is 43.4 Å². The number of fused-ring (bicyclic) bond motifs is 2. The standard InChI is InChI=1S/C26H37N11O5S/c1-12-20-19(13(2)31-18(38)10-35-11-30-32-33-35)24(40)37(20)21(25(41)42)22(12)43-15-7-16(29-8-15)23(39)36-6-3-14-9-34(26(27)28)5-4-17(14)36/h11-17,19-20,29H,3-10H2,1-2H3,(H3,27,28)(H,31,38)(H,41,42)/t12-,13?,14?,15?,16?,17?,19-,20-/m1/s1. The molecule has 1 aromatic rings. The van der Waals surface area contributed by atoms with Crippen molar-refractivity contribution in [1.82, 2.24) is 45.5 Å². The number of piperidine rings is 1. The highest BCUT2D eigenvalue weighted by Gasteiger charge is 2.60. The summed E-state index contributed by atoms with van der Waals surface area (Å²) in [6.45, 7) is 6.19. The van der Waals surface area contributed by atoms with Crippen molar-refractivity contribution in [2.45, 2.75) is 69.1 Å². The molecule has 5 aliphatic rings. The molecule has 5 aliphatic heterocycles. The molecule has 4 saturated heterocycles. The van der Waals surface area contributed by atoms with Crippen LogP contribution in [-0.4, -0.2) is 125 Å². The fraction of sp³-hybridized carbons (Fsp3) is 0.692. The van der Waals surface area contributed by atoms with Crippen molar-refractivity contribution < 1.29 is 24.3 Å². The number of carboxylic acids is 1. The number of amides is 3. The zero-order chi connectivity index (χ0) is 30.6. The number of nitrogens with two attached hydrogens (primary N) is 1. The highest BCUT2D eigenvalue weighted by Crippen LogP contribution is 2.52. The summed E-state index contributed by atoms with van der Waals surface area (Å²) in [5, 5.41) is 34.7. The first-order chi connectivity index (χ1) is 20.5. The molecule has 8 atom stereocenters. The molecule has 3 amide bonds. The predicted molar refractivity (Wildman–Crippen MR) is 153 cm³/mol. The number of rotatable bonds is 8. The van der Waals surface area contributed by atoms with E-state index < -0.39 is 17.9 Å². The van der Waals surface area contributed by atoms with Crippen LogP contribution < -0.4 is 16.4 Å².